The topological polar surface area (TPSA) is 71.1 Å². The van der Waals surface area contributed by atoms with E-state index < -0.39 is 11.9 Å². The molecule has 0 aliphatic rings. The molecular weight excluding hydrogens is 340 g/mol. The molecule has 0 fully saturated rings. The zero-order valence-corrected chi connectivity index (χ0v) is 15.9. The summed E-state index contributed by atoms with van der Waals surface area (Å²) in [5.41, 5.74) is 1.11. The van der Waals surface area contributed by atoms with E-state index >= 15 is 0 Å². The second-order valence-electron chi connectivity index (χ2n) is 5.33. The van der Waals surface area contributed by atoms with Gasteiger partial charge in [-0.3, -0.25) is 0 Å². The van der Waals surface area contributed by atoms with Crippen LogP contribution in [0.3, 0.4) is 0 Å². The highest BCUT2D eigenvalue weighted by Crippen LogP contribution is 2.13. The number of carbonyl (C=O) groups excluding carboxylic acids is 2. The monoisotopic (exact) mass is 364 g/mol. The van der Waals surface area contributed by atoms with E-state index in [9.17, 15) is 9.59 Å². The number of benzene rings is 1. The minimum Gasteiger partial charge on any atom is -0.462 e. The van der Waals surface area contributed by atoms with Crippen LogP contribution in [0.5, 0.6) is 0 Å². The molecule has 1 aromatic rings. The van der Waals surface area contributed by atoms with Crippen LogP contribution in [-0.2, 0) is 18.9 Å². The van der Waals surface area contributed by atoms with E-state index in [1.807, 2.05) is 0 Å². The van der Waals surface area contributed by atoms with Crippen LogP contribution in [0.4, 0.5) is 0 Å². The molecule has 136 valence electrons. The molecule has 0 spiro atoms. The van der Waals surface area contributed by atoms with Gasteiger partial charge in [-0.1, -0.05) is 24.8 Å². The number of rotatable bonds is 11. The van der Waals surface area contributed by atoms with Crippen LogP contribution in [-0.4, -0.2) is 54.8 Å². The van der Waals surface area contributed by atoms with Crippen LogP contribution in [0, 0.1) is 0 Å². The van der Waals surface area contributed by atoms with Crippen molar-refractivity contribution in [2.45, 2.75) is 25.3 Å². The van der Waals surface area contributed by atoms with Crippen LogP contribution >= 0.6 is 0 Å². The molecule has 0 saturated heterocycles. The average Bonchev–Trinajstić information content (AvgIpc) is 2.62. The SMILES string of the molecule is C=C(C)COC(=O)c1ccccc1C(=O)OCCC[Si]C(OC)OC. The fourth-order valence-electron chi connectivity index (χ4n) is 1.90. The molecular formula is C18H24O6Si. The van der Waals surface area contributed by atoms with Gasteiger partial charge in [0.15, 0.2) is 0 Å². The zero-order chi connectivity index (χ0) is 18.7. The Morgan fingerprint density at radius 3 is 2.16 bits per heavy atom. The van der Waals surface area contributed by atoms with Gasteiger partial charge in [0.05, 0.1) is 17.7 Å². The molecule has 0 unspecified atom stereocenters. The largest absolute Gasteiger partial charge is 0.462 e. The first-order chi connectivity index (χ1) is 12.0. The fraction of sp³-hybridized carbons (Fsp3) is 0.444. The molecule has 0 saturated carbocycles. The van der Waals surface area contributed by atoms with Gasteiger partial charge < -0.3 is 18.9 Å². The van der Waals surface area contributed by atoms with Gasteiger partial charge in [0.25, 0.3) is 0 Å². The second kappa shape index (κ2) is 11.6. The van der Waals surface area contributed by atoms with Gasteiger partial charge in [0.1, 0.15) is 22.0 Å². The molecule has 0 bridgehead atoms. The van der Waals surface area contributed by atoms with Crippen molar-refractivity contribution in [3.8, 4) is 0 Å². The summed E-state index contributed by atoms with van der Waals surface area (Å²) in [5, 5.41) is 0. The highest BCUT2D eigenvalue weighted by molar-refractivity contribution is 6.36. The van der Waals surface area contributed by atoms with Gasteiger partial charge in [-0.2, -0.15) is 0 Å². The summed E-state index contributed by atoms with van der Waals surface area (Å²) >= 11 is 0. The fourth-order valence-corrected chi connectivity index (χ4v) is 2.82. The standard InChI is InChI=1S/C18H24O6Si/c1-13(2)12-24-17(20)15-9-6-5-8-14(15)16(19)23-10-7-11-25-18(21-3)22-4/h5-6,8-9,18H,1,7,10-12H2,2-4H3. The first kappa shape index (κ1) is 21.1. The van der Waals surface area contributed by atoms with E-state index in [1.54, 1.807) is 45.4 Å². The summed E-state index contributed by atoms with van der Waals surface area (Å²) in [6, 6.07) is 7.26. The van der Waals surface area contributed by atoms with E-state index in [0.717, 1.165) is 11.6 Å². The maximum Gasteiger partial charge on any atom is 0.339 e. The Hall–Kier alpha value is -1.96. The Morgan fingerprint density at radius 1 is 1.08 bits per heavy atom. The van der Waals surface area contributed by atoms with Crippen LogP contribution in [0.15, 0.2) is 36.4 Å². The van der Waals surface area contributed by atoms with Crippen molar-refractivity contribution in [1.82, 2.24) is 0 Å². The third-order valence-electron chi connectivity index (χ3n) is 3.11. The van der Waals surface area contributed by atoms with Gasteiger partial charge in [-0.05, 0) is 31.1 Å². The van der Waals surface area contributed by atoms with Gasteiger partial charge >= 0.3 is 11.9 Å². The first-order valence-electron chi connectivity index (χ1n) is 7.86. The number of methoxy groups -OCH3 is 2. The van der Waals surface area contributed by atoms with Crippen LogP contribution in [0.25, 0.3) is 0 Å². The van der Waals surface area contributed by atoms with Crippen molar-refractivity contribution in [3.05, 3.63) is 47.5 Å². The predicted octanol–water partition coefficient (Wildman–Crippen LogP) is 2.67. The summed E-state index contributed by atoms with van der Waals surface area (Å²) in [6.07, 6.45) is 0.690. The van der Waals surface area contributed by atoms with Crippen molar-refractivity contribution in [2.24, 2.45) is 0 Å². The normalized spacial score (nSPS) is 10.6. The van der Waals surface area contributed by atoms with Crippen molar-refractivity contribution >= 4 is 21.5 Å². The van der Waals surface area contributed by atoms with Crippen LogP contribution in [0.2, 0.25) is 6.04 Å². The summed E-state index contributed by atoms with van der Waals surface area (Å²) in [4.78, 5) is 24.3. The van der Waals surface area contributed by atoms with E-state index in [4.69, 9.17) is 18.9 Å². The zero-order valence-electron chi connectivity index (χ0n) is 14.9. The number of carbonyl (C=O) groups is 2. The molecule has 1 rings (SSSR count). The summed E-state index contributed by atoms with van der Waals surface area (Å²) in [6.45, 7) is 5.81. The lowest BCUT2D eigenvalue weighted by atomic mass is 10.1. The molecule has 25 heavy (non-hydrogen) atoms. The molecule has 0 atom stereocenters. The molecule has 0 amide bonds. The second-order valence-corrected chi connectivity index (χ2v) is 6.71. The Kier molecular flexibility index (Phi) is 9.75. The van der Waals surface area contributed by atoms with E-state index in [2.05, 4.69) is 6.58 Å². The Morgan fingerprint density at radius 2 is 1.64 bits per heavy atom. The highest BCUT2D eigenvalue weighted by atomic mass is 28.2. The third-order valence-corrected chi connectivity index (χ3v) is 4.56. The summed E-state index contributed by atoms with van der Waals surface area (Å²) in [5.74, 6) is -1.33. The van der Waals surface area contributed by atoms with Crippen molar-refractivity contribution < 1.29 is 28.5 Å². The molecule has 1 aromatic carbocycles. The molecule has 2 radical (unpaired) electrons. The molecule has 7 heteroatoms. The molecule has 0 aliphatic heterocycles. The van der Waals surface area contributed by atoms with Crippen molar-refractivity contribution in [1.29, 1.82) is 0 Å². The predicted molar refractivity (Wildman–Crippen MR) is 94.8 cm³/mol. The first-order valence-corrected chi connectivity index (χ1v) is 9.14. The van der Waals surface area contributed by atoms with E-state index in [1.165, 1.54) is 0 Å². The van der Waals surface area contributed by atoms with Gasteiger partial charge in [0, 0.05) is 14.2 Å². The van der Waals surface area contributed by atoms with Gasteiger partial charge in [-0.25, -0.2) is 9.59 Å². The Bertz CT molecular complexity index is 583. The Labute approximate surface area is 150 Å². The summed E-state index contributed by atoms with van der Waals surface area (Å²) < 4.78 is 20.6. The lowest BCUT2D eigenvalue weighted by Crippen LogP contribution is -2.21. The average molecular weight is 364 g/mol. The van der Waals surface area contributed by atoms with Crippen molar-refractivity contribution in [2.75, 3.05) is 27.4 Å². The van der Waals surface area contributed by atoms with Gasteiger partial charge in [0.2, 0.25) is 0 Å². The highest BCUT2D eigenvalue weighted by Gasteiger charge is 2.19. The lowest BCUT2D eigenvalue weighted by Gasteiger charge is -2.12. The minimum atomic E-state index is -0.569. The molecule has 6 nitrogen and oxygen atoms in total. The molecule has 0 heterocycles. The molecule has 0 aromatic heterocycles. The molecule has 0 N–H and O–H groups in total. The Balaban J connectivity index is 2.52. The van der Waals surface area contributed by atoms with E-state index in [-0.39, 0.29) is 30.3 Å². The minimum absolute atomic E-state index is 0.114. The smallest absolute Gasteiger partial charge is 0.339 e. The summed E-state index contributed by atoms with van der Waals surface area (Å²) in [7, 11) is 3.64. The van der Waals surface area contributed by atoms with Crippen molar-refractivity contribution in [3.63, 3.8) is 0 Å². The number of esters is 2. The van der Waals surface area contributed by atoms with Crippen LogP contribution < -0.4 is 0 Å². The number of hydrogen-bond acceptors (Lipinski definition) is 6. The maximum atomic E-state index is 12.2. The van der Waals surface area contributed by atoms with Gasteiger partial charge in [-0.15, -0.1) is 0 Å². The van der Waals surface area contributed by atoms with Crippen LogP contribution in [0.1, 0.15) is 34.1 Å². The van der Waals surface area contributed by atoms with E-state index in [0.29, 0.717) is 15.9 Å². The number of ether oxygens (including phenoxy) is 4. The maximum absolute atomic E-state index is 12.2. The number of hydrogen-bond donors (Lipinski definition) is 0. The lowest BCUT2D eigenvalue weighted by molar-refractivity contribution is -0.0441. The quantitative estimate of drug-likeness (QED) is 0.198. The molecule has 0 aliphatic carbocycles. The third kappa shape index (κ3) is 7.64.